The van der Waals surface area contributed by atoms with Crippen molar-refractivity contribution in [1.29, 1.82) is 0 Å². The summed E-state index contributed by atoms with van der Waals surface area (Å²) >= 11 is 3.70. The highest BCUT2D eigenvalue weighted by molar-refractivity contribution is 9.10. The van der Waals surface area contributed by atoms with E-state index in [1.54, 1.807) is 12.1 Å². The van der Waals surface area contributed by atoms with Crippen molar-refractivity contribution in [2.75, 3.05) is 32.9 Å². The second kappa shape index (κ2) is 10.6. The van der Waals surface area contributed by atoms with Crippen LogP contribution < -0.4 is 4.74 Å². The molecule has 1 saturated heterocycles. The van der Waals surface area contributed by atoms with E-state index in [-0.39, 0.29) is 27.9 Å². The number of halogens is 6. The van der Waals surface area contributed by atoms with Crippen molar-refractivity contribution >= 4 is 45.6 Å². The summed E-state index contributed by atoms with van der Waals surface area (Å²) in [6.45, 7) is 2.67. The number of hydrogen-bond acceptors (Lipinski definition) is 6. The number of hydrogen-bond donors (Lipinski definition) is 1. The van der Waals surface area contributed by atoms with Gasteiger partial charge in [-0.05, 0) is 40.0 Å². The fourth-order valence-corrected chi connectivity index (χ4v) is 5.58. The summed E-state index contributed by atoms with van der Waals surface area (Å²) in [5, 5.41) is 0.350. The van der Waals surface area contributed by atoms with Crippen LogP contribution in [0.5, 0.6) is 5.75 Å². The Labute approximate surface area is 193 Å². The van der Waals surface area contributed by atoms with Crippen molar-refractivity contribution in [2.24, 2.45) is 0 Å². The molecule has 1 unspecified atom stereocenters. The summed E-state index contributed by atoms with van der Waals surface area (Å²) in [6, 6.07) is 3.29. The lowest BCUT2D eigenvalue weighted by Gasteiger charge is -2.26. The van der Waals surface area contributed by atoms with Gasteiger partial charge < -0.3 is 14.4 Å². The first-order valence-corrected chi connectivity index (χ1v) is 12.4. The lowest BCUT2D eigenvalue weighted by molar-refractivity contribution is -0.183. The maximum absolute atomic E-state index is 14.4. The Morgan fingerprint density at radius 2 is 1.91 bits per heavy atom. The molecule has 1 atom stereocenters. The molecular weight excluding hydrogens is 548 g/mol. The number of alkyl halides is 5. The van der Waals surface area contributed by atoms with Gasteiger partial charge in [-0.25, -0.2) is 4.52 Å². The van der Waals surface area contributed by atoms with Crippen LogP contribution in [-0.4, -0.2) is 48.9 Å². The summed E-state index contributed by atoms with van der Waals surface area (Å²) in [6.07, 6.45) is -9.67. The number of ether oxygens (including phenoxy) is 2. The van der Waals surface area contributed by atoms with Gasteiger partial charge in [-0.3, -0.25) is 9.46 Å². The van der Waals surface area contributed by atoms with Crippen molar-refractivity contribution in [2.45, 2.75) is 31.7 Å². The van der Waals surface area contributed by atoms with E-state index < -0.39 is 31.8 Å². The van der Waals surface area contributed by atoms with Gasteiger partial charge >= 0.3 is 20.5 Å². The van der Waals surface area contributed by atoms with E-state index in [9.17, 15) is 26.5 Å². The summed E-state index contributed by atoms with van der Waals surface area (Å²) < 4.78 is 92.0. The molecule has 1 aliphatic rings. The second-order valence-electron chi connectivity index (χ2n) is 7.06. The van der Waals surface area contributed by atoms with E-state index in [1.807, 2.05) is 0 Å². The number of fused-ring (bicyclic) bond motifs is 1. The SMILES string of the molecule is O=[PH](O)OC(F)(F)c1sc2c(OCCCC(F)(F)F)cc(CN3CCOCC3)cc2c1Br. The minimum absolute atomic E-state index is 0.0327. The number of thiophene rings is 1. The van der Waals surface area contributed by atoms with Crippen LogP contribution in [0.15, 0.2) is 16.6 Å². The number of morpholine rings is 1. The monoisotopic (exact) mass is 567 g/mol. The van der Waals surface area contributed by atoms with Crippen molar-refractivity contribution in [3.8, 4) is 5.75 Å². The molecule has 2 heterocycles. The lowest BCUT2D eigenvalue weighted by atomic mass is 10.1. The second-order valence-corrected chi connectivity index (χ2v) is 9.61. The molecule has 32 heavy (non-hydrogen) atoms. The van der Waals surface area contributed by atoms with Gasteiger partial charge in [-0.15, -0.1) is 11.3 Å². The van der Waals surface area contributed by atoms with E-state index in [1.165, 1.54) is 0 Å². The van der Waals surface area contributed by atoms with E-state index in [0.29, 0.717) is 49.6 Å². The van der Waals surface area contributed by atoms with Gasteiger partial charge in [0.15, 0.2) is 0 Å². The van der Waals surface area contributed by atoms with E-state index in [4.69, 9.17) is 14.4 Å². The molecule has 1 aromatic heterocycles. The third-order valence-corrected chi connectivity index (χ3v) is 7.39. The Bertz CT molecular complexity index is 967. The molecule has 0 amide bonds. The Hall–Kier alpha value is -0.820. The summed E-state index contributed by atoms with van der Waals surface area (Å²) in [5.74, 6) is 0.164. The zero-order chi connectivity index (χ0) is 23.5. The fourth-order valence-electron chi connectivity index (χ4n) is 3.21. The Morgan fingerprint density at radius 3 is 2.53 bits per heavy atom. The van der Waals surface area contributed by atoms with Crippen LogP contribution in [0, 0.1) is 0 Å². The smallest absolute Gasteiger partial charge is 0.400 e. The molecule has 14 heteroatoms. The normalized spacial score (nSPS) is 17.1. The predicted molar refractivity (Wildman–Crippen MR) is 113 cm³/mol. The van der Waals surface area contributed by atoms with Gasteiger partial charge in [0, 0.05) is 35.9 Å². The minimum Gasteiger partial charge on any atom is -0.492 e. The molecule has 180 valence electrons. The van der Waals surface area contributed by atoms with Crippen molar-refractivity contribution in [3.05, 3.63) is 27.0 Å². The fraction of sp³-hybridized carbons (Fsp3) is 0.556. The van der Waals surface area contributed by atoms with Crippen LogP contribution in [0.2, 0.25) is 0 Å². The van der Waals surface area contributed by atoms with Crippen LogP contribution in [0.4, 0.5) is 22.0 Å². The van der Waals surface area contributed by atoms with E-state index in [0.717, 1.165) is 5.56 Å². The first kappa shape index (κ1) is 25.8. The average Bonchev–Trinajstić information content (AvgIpc) is 3.02. The van der Waals surface area contributed by atoms with Crippen molar-refractivity contribution in [1.82, 2.24) is 4.90 Å². The van der Waals surface area contributed by atoms with E-state index >= 15 is 0 Å². The third-order valence-electron chi connectivity index (χ3n) is 4.61. The van der Waals surface area contributed by atoms with Gasteiger partial charge in [0.1, 0.15) is 10.6 Å². The zero-order valence-corrected chi connectivity index (χ0v) is 19.9. The molecule has 0 spiro atoms. The lowest BCUT2D eigenvalue weighted by Crippen LogP contribution is -2.35. The summed E-state index contributed by atoms with van der Waals surface area (Å²) in [7, 11) is -3.93. The molecule has 6 nitrogen and oxygen atoms in total. The molecule has 1 fully saturated rings. The quantitative estimate of drug-likeness (QED) is 0.239. The zero-order valence-electron chi connectivity index (χ0n) is 16.5. The number of benzene rings is 1. The van der Waals surface area contributed by atoms with Gasteiger partial charge in [0.05, 0.1) is 24.5 Å². The van der Waals surface area contributed by atoms with Gasteiger partial charge in [-0.2, -0.15) is 22.0 Å². The van der Waals surface area contributed by atoms with Crippen molar-refractivity contribution in [3.63, 3.8) is 0 Å². The molecule has 2 aromatic rings. The van der Waals surface area contributed by atoms with Gasteiger partial charge in [-0.1, -0.05) is 0 Å². The molecular formula is C18H20BrF5NO5PS. The Morgan fingerprint density at radius 1 is 1.22 bits per heavy atom. The van der Waals surface area contributed by atoms with Gasteiger partial charge in [0.2, 0.25) is 0 Å². The highest BCUT2D eigenvalue weighted by atomic mass is 79.9. The molecule has 0 bridgehead atoms. The van der Waals surface area contributed by atoms with Crippen LogP contribution in [0.3, 0.4) is 0 Å². The molecule has 1 aromatic carbocycles. The Kier molecular flexibility index (Phi) is 8.56. The highest BCUT2D eigenvalue weighted by Gasteiger charge is 2.40. The molecule has 0 saturated carbocycles. The first-order valence-electron chi connectivity index (χ1n) is 9.51. The topological polar surface area (TPSA) is 68.2 Å². The van der Waals surface area contributed by atoms with Crippen LogP contribution in [0.1, 0.15) is 23.3 Å². The van der Waals surface area contributed by atoms with Crippen LogP contribution >= 0.6 is 35.5 Å². The van der Waals surface area contributed by atoms with E-state index in [2.05, 4.69) is 25.4 Å². The first-order chi connectivity index (χ1) is 15.0. The summed E-state index contributed by atoms with van der Waals surface area (Å²) in [5.41, 5.74) is 0.718. The largest absolute Gasteiger partial charge is 0.492 e. The molecule has 0 aliphatic carbocycles. The Balaban J connectivity index is 1.94. The number of nitrogens with zero attached hydrogens (tertiary/aromatic N) is 1. The van der Waals surface area contributed by atoms with Crippen LogP contribution in [0.25, 0.3) is 10.1 Å². The molecule has 3 rings (SSSR count). The summed E-state index contributed by atoms with van der Waals surface area (Å²) in [4.78, 5) is 10.3. The predicted octanol–water partition coefficient (Wildman–Crippen LogP) is 5.67. The highest BCUT2D eigenvalue weighted by Crippen LogP contribution is 2.50. The minimum atomic E-state index is -4.32. The standard InChI is InChI=1S/C18H20BrF5NO5PS/c19-14-12-8-11(10-25-3-6-28-7-4-25)9-13(29-5-1-2-17(20,21)22)15(12)32-16(14)18(23,24)30-31(26)27/h8-9,31H,1-7,10H2,(H,26,27). The third kappa shape index (κ3) is 6.85. The van der Waals surface area contributed by atoms with Crippen LogP contribution in [-0.2, 0) is 26.5 Å². The van der Waals surface area contributed by atoms with Gasteiger partial charge in [0.25, 0.3) is 0 Å². The maximum Gasteiger partial charge on any atom is 0.400 e. The maximum atomic E-state index is 14.4. The molecule has 1 aliphatic heterocycles. The number of rotatable bonds is 9. The average molecular weight is 568 g/mol. The van der Waals surface area contributed by atoms with Crippen molar-refractivity contribution < 1.29 is 45.4 Å². The molecule has 0 radical (unpaired) electrons. The molecule has 1 N–H and O–H groups in total.